The van der Waals surface area contributed by atoms with Gasteiger partial charge in [-0.2, -0.15) is 0 Å². The lowest BCUT2D eigenvalue weighted by Crippen LogP contribution is -2.55. The van der Waals surface area contributed by atoms with Crippen molar-refractivity contribution in [2.75, 3.05) is 13.1 Å². The summed E-state index contributed by atoms with van der Waals surface area (Å²) in [5.41, 5.74) is 6.49. The normalized spacial score (nSPS) is 17.0. The van der Waals surface area contributed by atoms with Crippen molar-refractivity contribution >= 4 is 17.8 Å². The molecular weight excluding hydrogens is 308 g/mol. The number of imide groups is 1. The number of urea groups is 1. The van der Waals surface area contributed by atoms with Crippen LogP contribution in [0.25, 0.3) is 0 Å². The third-order valence-electron chi connectivity index (χ3n) is 4.56. The molecule has 7 heteroatoms. The number of carbonyl (C=O) groups is 3. The number of benzene rings is 1. The standard InChI is InChI=1S/C17H24N4O3/c1-11(2)17(3,10-18)20-15(23)13-6-4-5-12(7-13)9-21-14(22)8-19-16(21)24/h4-7,11H,8-10,18H2,1-3H3,(H,19,24)(H,20,23). The van der Waals surface area contributed by atoms with Gasteiger partial charge in [0.05, 0.1) is 18.6 Å². The van der Waals surface area contributed by atoms with E-state index in [9.17, 15) is 14.4 Å². The van der Waals surface area contributed by atoms with E-state index in [1.54, 1.807) is 24.3 Å². The SMILES string of the molecule is CC(C)C(C)(CN)NC(=O)c1cccc(CN2C(=O)CNC2=O)c1. The molecule has 0 spiro atoms. The van der Waals surface area contributed by atoms with E-state index in [2.05, 4.69) is 10.6 Å². The Morgan fingerprint density at radius 1 is 1.42 bits per heavy atom. The molecule has 0 saturated carbocycles. The van der Waals surface area contributed by atoms with E-state index in [-0.39, 0.29) is 30.8 Å². The van der Waals surface area contributed by atoms with Gasteiger partial charge >= 0.3 is 6.03 Å². The van der Waals surface area contributed by atoms with Crippen LogP contribution in [0.15, 0.2) is 24.3 Å². The second-order valence-electron chi connectivity index (χ2n) is 6.57. The van der Waals surface area contributed by atoms with Gasteiger partial charge in [0, 0.05) is 12.1 Å². The molecule has 0 bridgehead atoms. The minimum Gasteiger partial charge on any atom is -0.345 e. The van der Waals surface area contributed by atoms with Crippen molar-refractivity contribution in [2.45, 2.75) is 32.9 Å². The van der Waals surface area contributed by atoms with E-state index >= 15 is 0 Å². The lowest BCUT2D eigenvalue weighted by atomic mass is 9.88. The van der Waals surface area contributed by atoms with Crippen LogP contribution in [0.4, 0.5) is 4.79 Å². The van der Waals surface area contributed by atoms with Crippen LogP contribution in [0.5, 0.6) is 0 Å². The summed E-state index contributed by atoms with van der Waals surface area (Å²) >= 11 is 0. The fourth-order valence-electron chi connectivity index (χ4n) is 2.37. The summed E-state index contributed by atoms with van der Waals surface area (Å²) < 4.78 is 0. The number of nitrogens with zero attached hydrogens (tertiary/aromatic N) is 1. The van der Waals surface area contributed by atoms with Crippen LogP contribution in [-0.4, -0.2) is 41.4 Å². The van der Waals surface area contributed by atoms with E-state index in [4.69, 9.17) is 5.73 Å². The molecule has 4 amide bonds. The summed E-state index contributed by atoms with van der Waals surface area (Å²) in [5.74, 6) is -0.318. The molecule has 4 N–H and O–H groups in total. The number of amides is 4. The van der Waals surface area contributed by atoms with Crippen molar-refractivity contribution < 1.29 is 14.4 Å². The monoisotopic (exact) mass is 332 g/mol. The molecule has 7 nitrogen and oxygen atoms in total. The molecule has 24 heavy (non-hydrogen) atoms. The van der Waals surface area contributed by atoms with E-state index in [1.165, 1.54) is 0 Å². The minimum absolute atomic E-state index is 0.0161. The summed E-state index contributed by atoms with van der Waals surface area (Å²) in [6, 6.07) is 6.48. The van der Waals surface area contributed by atoms with Gasteiger partial charge in [-0.05, 0) is 30.5 Å². The zero-order chi connectivity index (χ0) is 17.9. The summed E-state index contributed by atoms with van der Waals surface area (Å²) in [6.07, 6.45) is 0. The molecule has 1 aliphatic rings. The van der Waals surface area contributed by atoms with Gasteiger partial charge in [0.1, 0.15) is 0 Å². The van der Waals surface area contributed by atoms with Crippen LogP contribution < -0.4 is 16.4 Å². The highest BCUT2D eigenvalue weighted by molar-refractivity contribution is 6.02. The average Bonchev–Trinajstić information content (AvgIpc) is 2.86. The van der Waals surface area contributed by atoms with Gasteiger partial charge in [0.25, 0.3) is 5.91 Å². The molecule has 0 radical (unpaired) electrons. The van der Waals surface area contributed by atoms with Crippen LogP contribution >= 0.6 is 0 Å². The van der Waals surface area contributed by atoms with Gasteiger partial charge in [-0.3, -0.25) is 14.5 Å². The number of nitrogens with two attached hydrogens (primary N) is 1. The van der Waals surface area contributed by atoms with Gasteiger partial charge < -0.3 is 16.4 Å². The first-order chi connectivity index (χ1) is 11.3. The van der Waals surface area contributed by atoms with Gasteiger partial charge in [0.15, 0.2) is 0 Å². The maximum Gasteiger partial charge on any atom is 0.324 e. The van der Waals surface area contributed by atoms with Crippen molar-refractivity contribution in [3.63, 3.8) is 0 Å². The second-order valence-corrected chi connectivity index (χ2v) is 6.57. The number of hydrogen-bond donors (Lipinski definition) is 3. The Morgan fingerprint density at radius 3 is 2.67 bits per heavy atom. The largest absolute Gasteiger partial charge is 0.345 e. The Morgan fingerprint density at radius 2 is 2.12 bits per heavy atom. The summed E-state index contributed by atoms with van der Waals surface area (Å²) in [5, 5.41) is 5.45. The average molecular weight is 332 g/mol. The zero-order valence-corrected chi connectivity index (χ0v) is 14.3. The predicted octanol–water partition coefficient (Wildman–Crippen LogP) is 0.842. The Kier molecular flexibility index (Phi) is 5.23. The molecule has 1 saturated heterocycles. The number of rotatable bonds is 6. The summed E-state index contributed by atoms with van der Waals surface area (Å²) in [7, 11) is 0. The molecule has 1 fully saturated rings. The van der Waals surface area contributed by atoms with Gasteiger partial charge in [-0.15, -0.1) is 0 Å². The number of carbonyl (C=O) groups excluding carboxylic acids is 3. The lowest BCUT2D eigenvalue weighted by Gasteiger charge is -2.33. The van der Waals surface area contributed by atoms with E-state index in [0.717, 1.165) is 4.90 Å². The highest BCUT2D eigenvalue weighted by atomic mass is 16.2. The Balaban J connectivity index is 2.13. The van der Waals surface area contributed by atoms with Crippen LogP contribution in [0.1, 0.15) is 36.7 Å². The Hall–Kier alpha value is -2.41. The first kappa shape index (κ1) is 17.9. The third kappa shape index (κ3) is 3.73. The molecule has 130 valence electrons. The Bertz CT molecular complexity index is 643. The van der Waals surface area contributed by atoms with Gasteiger partial charge in [-0.1, -0.05) is 26.0 Å². The van der Waals surface area contributed by atoms with E-state index in [1.807, 2.05) is 20.8 Å². The van der Waals surface area contributed by atoms with Crippen molar-refractivity contribution in [3.05, 3.63) is 35.4 Å². The fraction of sp³-hybridized carbons (Fsp3) is 0.471. The molecule has 1 aromatic rings. The van der Waals surface area contributed by atoms with Crippen LogP contribution in [0.2, 0.25) is 0 Å². The van der Waals surface area contributed by atoms with Crippen LogP contribution in [0.3, 0.4) is 0 Å². The van der Waals surface area contributed by atoms with Crippen molar-refractivity contribution in [3.8, 4) is 0 Å². The highest BCUT2D eigenvalue weighted by Crippen LogP contribution is 2.17. The number of hydrogen-bond acceptors (Lipinski definition) is 4. The summed E-state index contributed by atoms with van der Waals surface area (Å²) in [4.78, 5) is 36.9. The van der Waals surface area contributed by atoms with E-state index < -0.39 is 11.6 Å². The van der Waals surface area contributed by atoms with E-state index in [0.29, 0.717) is 17.7 Å². The molecule has 1 atom stereocenters. The molecule has 0 aliphatic carbocycles. The van der Waals surface area contributed by atoms with Crippen LogP contribution in [0, 0.1) is 5.92 Å². The smallest absolute Gasteiger partial charge is 0.324 e. The molecule has 1 aromatic carbocycles. The zero-order valence-electron chi connectivity index (χ0n) is 14.3. The molecule has 1 unspecified atom stereocenters. The minimum atomic E-state index is -0.502. The molecule has 2 rings (SSSR count). The summed E-state index contributed by atoms with van der Waals surface area (Å²) in [6.45, 7) is 6.40. The fourth-order valence-corrected chi connectivity index (χ4v) is 2.37. The highest BCUT2D eigenvalue weighted by Gasteiger charge is 2.30. The lowest BCUT2D eigenvalue weighted by molar-refractivity contribution is -0.125. The maximum atomic E-state index is 12.5. The Labute approximate surface area is 141 Å². The third-order valence-corrected chi connectivity index (χ3v) is 4.56. The van der Waals surface area contributed by atoms with Gasteiger partial charge in [0.2, 0.25) is 5.91 Å². The predicted molar refractivity (Wildman–Crippen MR) is 90.2 cm³/mol. The number of nitrogens with one attached hydrogen (secondary N) is 2. The first-order valence-corrected chi connectivity index (χ1v) is 7.96. The topological polar surface area (TPSA) is 105 Å². The van der Waals surface area contributed by atoms with Crippen molar-refractivity contribution in [1.29, 1.82) is 0 Å². The molecule has 0 aromatic heterocycles. The van der Waals surface area contributed by atoms with Crippen molar-refractivity contribution in [2.24, 2.45) is 11.7 Å². The molecular formula is C17H24N4O3. The van der Waals surface area contributed by atoms with Gasteiger partial charge in [-0.25, -0.2) is 4.79 Å². The second kappa shape index (κ2) is 7.00. The van der Waals surface area contributed by atoms with Crippen LogP contribution in [-0.2, 0) is 11.3 Å². The van der Waals surface area contributed by atoms with Crippen molar-refractivity contribution in [1.82, 2.24) is 15.5 Å². The quantitative estimate of drug-likeness (QED) is 0.671. The molecule has 1 aliphatic heterocycles. The maximum absolute atomic E-state index is 12.5. The molecule has 1 heterocycles. The first-order valence-electron chi connectivity index (χ1n) is 7.96.